The fraction of sp³-hybridized carbons (Fsp3) is 0.632. The number of amides is 1. The molecule has 2 aromatic heterocycles. The zero-order valence-electron chi connectivity index (χ0n) is 16.4. The predicted molar refractivity (Wildman–Crippen MR) is 107 cm³/mol. The van der Waals surface area contributed by atoms with Gasteiger partial charge in [-0.15, -0.1) is 11.3 Å². The molecule has 4 rings (SSSR count). The Kier molecular flexibility index (Phi) is 5.05. The molecule has 8 heteroatoms. The molecular formula is C19H27N5O2S. The number of ether oxygens (including phenoxy) is 1. The van der Waals surface area contributed by atoms with Gasteiger partial charge in [-0.25, -0.2) is 9.97 Å². The Morgan fingerprint density at radius 2 is 2.19 bits per heavy atom. The van der Waals surface area contributed by atoms with Crippen LogP contribution in [0.5, 0.6) is 0 Å². The van der Waals surface area contributed by atoms with Gasteiger partial charge in [-0.05, 0) is 25.8 Å². The highest BCUT2D eigenvalue weighted by Gasteiger charge is 2.38. The van der Waals surface area contributed by atoms with E-state index in [4.69, 9.17) is 4.74 Å². The topological polar surface area (TPSA) is 70.6 Å². The Morgan fingerprint density at radius 3 is 2.96 bits per heavy atom. The van der Waals surface area contributed by atoms with Crippen molar-refractivity contribution in [3.63, 3.8) is 0 Å². The molecule has 27 heavy (non-hydrogen) atoms. The van der Waals surface area contributed by atoms with E-state index in [-0.39, 0.29) is 12.0 Å². The van der Waals surface area contributed by atoms with E-state index < -0.39 is 0 Å². The van der Waals surface area contributed by atoms with Gasteiger partial charge in [0, 0.05) is 44.1 Å². The summed E-state index contributed by atoms with van der Waals surface area (Å²) in [6, 6.07) is 0.746. The fourth-order valence-corrected chi connectivity index (χ4v) is 5.03. The Labute approximate surface area is 163 Å². The van der Waals surface area contributed by atoms with Gasteiger partial charge < -0.3 is 15.0 Å². The molecule has 0 aromatic carbocycles. The monoisotopic (exact) mass is 389 g/mol. The van der Waals surface area contributed by atoms with Crippen LogP contribution in [-0.4, -0.2) is 77.7 Å². The van der Waals surface area contributed by atoms with Crippen LogP contribution in [0.4, 0.5) is 5.82 Å². The molecule has 7 nitrogen and oxygen atoms in total. The van der Waals surface area contributed by atoms with Crippen LogP contribution >= 0.6 is 11.3 Å². The van der Waals surface area contributed by atoms with Gasteiger partial charge in [0.2, 0.25) is 5.91 Å². The van der Waals surface area contributed by atoms with Crippen LogP contribution in [0.3, 0.4) is 0 Å². The Morgan fingerprint density at radius 1 is 1.37 bits per heavy atom. The second kappa shape index (κ2) is 7.33. The molecule has 0 aliphatic carbocycles. The lowest BCUT2D eigenvalue weighted by Crippen LogP contribution is -2.47. The Bertz CT molecular complexity index is 852. The van der Waals surface area contributed by atoms with Crippen molar-refractivity contribution < 1.29 is 9.53 Å². The molecule has 0 saturated carbocycles. The summed E-state index contributed by atoms with van der Waals surface area (Å²) >= 11 is 1.72. The summed E-state index contributed by atoms with van der Waals surface area (Å²) in [6.07, 6.45) is 3.12. The first kappa shape index (κ1) is 18.6. The van der Waals surface area contributed by atoms with E-state index in [0.717, 1.165) is 35.5 Å². The van der Waals surface area contributed by atoms with Gasteiger partial charge >= 0.3 is 0 Å². The number of nitrogens with one attached hydrogen (secondary N) is 1. The van der Waals surface area contributed by atoms with E-state index in [0.29, 0.717) is 25.1 Å². The Balaban J connectivity index is 1.43. The first-order chi connectivity index (χ1) is 12.9. The molecule has 4 heterocycles. The van der Waals surface area contributed by atoms with Crippen LogP contribution in [0.25, 0.3) is 10.2 Å². The van der Waals surface area contributed by atoms with Crippen molar-refractivity contribution in [3.05, 3.63) is 16.8 Å². The third-order valence-corrected chi connectivity index (χ3v) is 6.81. The standard InChI is InChI=1S/C19H27N5O2S/c1-11-12(2)27-19-17(11)18(20-10-21-19)22-13-5-14-9-26-15(8-24(14)7-13)6-16(25)23(3)4/h10,13-15H,5-9H2,1-4H3,(H,20,21,22)/t13-,14+,15+/m1/s1. The lowest BCUT2D eigenvalue weighted by molar-refractivity contribution is -0.134. The molecule has 0 spiro atoms. The number of aryl methyl sites for hydroxylation is 2. The summed E-state index contributed by atoms with van der Waals surface area (Å²) in [7, 11) is 3.58. The number of nitrogens with zero attached hydrogens (tertiary/aromatic N) is 4. The van der Waals surface area contributed by atoms with Crippen LogP contribution in [0.15, 0.2) is 6.33 Å². The molecule has 0 unspecified atom stereocenters. The zero-order valence-corrected chi connectivity index (χ0v) is 17.2. The van der Waals surface area contributed by atoms with E-state index in [1.54, 1.807) is 36.7 Å². The minimum Gasteiger partial charge on any atom is -0.375 e. The molecule has 0 bridgehead atoms. The molecule has 2 aliphatic heterocycles. The fourth-order valence-electron chi connectivity index (χ4n) is 4.03. The van der Waals surface area contributed by atoms with Crippen molar-refractivity contribution in [1.82, 2.24) is 19.8 Å². The average Bonchev–Trinajstić information content (AvgIpc) is 3.15. The maximum atomic E-state index is 12.0. The van der Waals surface area contributed by atoms with Crippen molar-refractivity contribution in [2.75, 3.05) is 39.1 Å². The SMILES string of the molecule is Cc1sc2ncnc(N[C@@H]3C[C@H]4CO[C@@H](CC(=O)N(C)C)CN4C3)c2c1C. The quantitative estimate of drug-likeness (QED) is 0.863. The summed E-state index contributed by atoms with van der Waals surface area (Å²) in [4.78, 5) is 27.3. The van der Waals surface area contributed by atoms with E-state index >= 15 is 0 Å². The third-order valence-electron chi connectivity index (χ3n) is 5.70. The summed E-state index contributed by atoms with van der Waals surface area (Å²) < 4.78 is 5.96. The zero-order chi connectivity index (χ0) is 19.1. The normalized spacial score (nSPS) is 25.6. The first-order valence-electron chi connectivity index (χ1n) is 9.45. The molecule has 2 aromatic rings. The minimum atomic E-state index is -0.0116. The van der Waals surface area contributed by atoms with Crippen LogP contribution < -0.4 is 5.32 Å². The lowest BCUT2D eigenvalue weighted by Gasteiger charge is -2.35. The number of rotatable bonds is 4. The highest BCUT2D eigenvalue weighted by Crippen LogP contribution is 2.34. The van der Waals surface area contributed by atoms with Crippen molar-refractivity contribution >= 4 is 33.3 Å². The van der Waals surface area contributed by atoms with E-state index in [1.807, 2.05) is 0 Å². The number of morpholine rings is 1. The van der Waals surface area contributed by atoms with Gasteiger partial charge in [0.05, 0.1) is 24.5 Å². The smallest absolute Gasteiger partial charge is 0.224 e. The first-order valence-corrected chi connectivity index (χ1v) is 10.3. The van der Waals surface area contributed by atoms with E-state index in [2.05, 4.69) is 34.0 Å². The molecule has 2 saturated heterocycles. The minimum absolute atomic E-state index is 0.0116. The number of anilines is 1. The van der Waals surface area contributed by atoms with Gasteiger partial charge in [-0.1, -0.05) is 0 Å². The van der Waals surface area contributed by atoms with E-state index in [1.165, 1.54) is 10.4 Å². The summed E-state index contributed by atoms with van der Waals surface area (Å²) in [5.74, 6) is 1.06. The van der Waals surface area contributed by atoms with E-state index in [9.17, 15) is 4.79 Å². The third kappa shape index (κ3) is 3.66. The van der Waals surface area contributed by atoms with Gasteiger partial charge in [-0.3, -0.25) is 9.69 Å². The summed E-state index contributed by atoms with van der Waals surface area (Å²) in [5, 5.41) is 4.80. The number of carbonyl (C=O) groups is 1. The number of fused-ring (bicyclic) bond motifs is 2. The number of carbonyl (C=O) groups excluding carboxylic acids is 1. The number of hydrogen-bond donors (Lipinski definition) is 1. The largest absolute Gasteiger partial charge is 0.375 e. The molecule has 146 valence electrons. The molecular weight excluding hydrogens is 362 g/mol. The van der Waals surface area contributed by atoms with Gasteiger partial charge in [-0.2, -0.15) is 0 Å². The highest BCUT2D eigenvalue weighted by atomic mass is 32.1. The summed E-state index contributed by atoms with van der Waals surface area (Å²) in [5.41, 5.74) is 1.26. The van der Waals surface area contributed by atoms with Crippen LogP contribution in [-0.2, 0) is 9.53 Å². The second-order valence-corrected chi connectivity index (χ2v) is 9.02. The van der Waals surface area contributed by atoms with Gasteiger partial charge in [0.25, 0.3) is 0 Å². The summed E-state index contributed by atoms with van der Waals surface area (Å²) in [6.45, 7) is 6.74. The van der Waals surface area contributed by atoms with Crippen LogP contribution in [0.2, 0.25) is 0 Å². The van der Waals surface area contributed by atoms with Crippen LogP contribution in [0.1, 0.15) is 23.3 Å². The van der Waals surface area contributed by atoms with Crippen molar-refractivity contribution in [2.24, 2.45) is 0 Å². The van der Waals surface area contributed by atoms with Gasteiger partial charge in [0.15, 0.2) is 0 Å². The maximum absolute atomic E-state index is 12.0. The molecule has 1 amide bonds. The lowest BCUT2D eigenvalue weighted by atomic mass is 10.1. The number of thiophene rings is 1. The number of hydrogen-bond acceptors (Lipinski definition) is 7. The Hall–Kier alpha value is -1.77. The molecule has 1 N–H and O–H groups in total. The second-order valence-electron chi connectivity index (χ2n) is 7.82. The van der Waals surface area contributed by atoms with Crippen molar-refractivity contribution in [1.29, 1.82) is 0 Å². The average molecular weight is 390 g/mol. The van der Waals surface area contributed by atoms with Gasteiger partial charge in [0.1, 0.15) is 17.0 Å². The molecule has 0 radical (unpaired) electrons. The highest BCUT2D eigenvalue weighted by molar-refractivity contribution is 7.18. The van der Waals surface area contributed by atoms with Crippen molar-refractivity contribution in [2.45, 2.75) is 44.9 Å². The maximum Gasteiger partial charge on any atom is 0.224 e. The number of aromatic nitrogens is 2. The molecule has 3 atom stereocenters. The molecule has 2 aliphatic rings. The predicted octanol–water partition coefficient (Wildman–Crippen LogP) is 2.04. The van der Waals surface area contributed by atoms with Crippen LogP contribution in [0, 0.1) is 13.8 Å². The molecule has 2 fully saturated rings. The van der Waals surface area contributed by atoms with Crippen molar-refractivity contribution in [3.8, 4) is 0 Å².